The van der Waals surface area contributed by atoms with Crippen molar-refractivity contribution in [3.05, 3.63) is 46.1 Å². The van der Waals surface area contributed by atoms with Gasteiger partial charge in [0.15, 0.2) is 11.9 Å². The Labute approximate surface area is 125 Å². The second-order valence-electron chi connectivity index (χ2n) is 4.23. The summed E-state index contributed by atoms with van der Waals surface area (Å²) < 4.78 is 6.05. The second-order valence-corrected chi connectivity index (χ2v) is 5.03. The second kappa shape index (κ2) is 6.67. The molecule has 6 heteroatoms. The van der Waals surface area contributed by atoms with Crippen molar-refractivity contribution in [1.82, 2.24) is 10.2 Å². The Kier molecular flexibility index (Phi) is 4.92. The van der Waals surface area contributed by atoms with Gasteiger partial charge in [-0.25, -0.2) is 0 Å². The number of hydrogen-bond donors (Lipinski definition) is 2. The Morgan fingerprint density at radius 1 is 1.45 bits per heavy atom. The molecular formula is C14H16BrN3O2. The van der Waals surface area contributed by atoms with Crippen LogP contribution in [0.1, 0.15) is 24.3 Å². The van der Waals surface area contributed by atoms with Crippen LogP contribution >= 0.6 is 15.9 Å². The Morgan fingerprint density at radius 2 is 2.15 bits per heavy atom. The van der Waals surface area contributed by atoms with Crippen molar-refractivity contribution in [2.24, 2.45) is 0 Å². The zero-order valence-electron chi connectivity index (χ0n) is 11.3. The monoisotopic (exact) mass is 337 g/mol. The standard InChI is InChI=1S/C14H16BrN3O2/c1-3-10-11(15)13(18-17-10)16-14(19)12(20-2)9-7-5-4-6-8-9/h4-8,12H,3H2,1-2H3,(H2,16,17,18,19)/t12-/m0/s1. The lowest BCUT2D eigenvalue weighted by atomic mass is 10.1. The fraction of sp³-hybridized carbons (Fsp3) is 0.286. The molecule has 0 fully saturated rings. The fourth-order valence-corrected chi connectivity index (χ4v) is 2.44. The minimum Gasteiger partial charge on any atom is -0.367 e. The predicted octanol–water partition coefficient (Wildman–Crippen LogP) is 3.06. The molecule has 20 heavy (non-hydrogen) atoms. The quantitative estimate of drug-likeness (QED) is 0.881. The number of H-pyrrole nitrogens is 1. The van der Waals surface area contributed by atoms with Crippen molar-refractivity contribution < 1.29 is 9.53 Å². The van der Waals surface area contributed by atoms with Gasteiger partial charge in [0.25, 0.3) is 5.91 Å². The van der Waals surface area contributed by atoms with Crippen LogP contribution in [-0.2, 0) is 16.0 Å². The maximum Gasteiger partial charge on any atom is 0.259 e. The van der Waals surface area contributed by atoms with Crippen LogP contribution in [0.4, 0.5) is 5.82 Å². The summed E-state index contributed by atoms with van der Waals surface area (Å²) in [7, 11) is 1.51. The first kappa shape index (κ1) is 14.7. The number of carbonyl (C=O) groups is 1. The molecule has 0 aliphatic carbocycles. The zero-order valence-corrected chi connectivity index (χ0v) is 12.9. The summed E-state index contributed by atoms with van der Waals surface area (Å²) in [5, 5.41) is 9.71. The maximum absolute atomic E-state index is 12.3. The molecule has 5 nitrogen and oxygen atoms in total. The highest BCUT2D eigenvalue weighted by atomic mass is 79.9. The summed E-state index contributed by atoms with van der Waals surface area (Å²) in [6.45, 7) is 2.01. The molecule has 1 atom stereocenters. The van der Waals surface area contributed by atoms with Crippen LogP contribution in [0.15, 0.2) is 34.8 Å². The smallest absolute Gasteiger partial charge is 0.259 e. The number of hydrogen-bond acceptors (Lipinski definition) is 3. The van der Waals surface area contributed by atoms with E-state index in [2.05, 4.69) is 31.4 Å². The van der Waals surface area contributed by atoms with E-state index in [-0.39, 0.29) is 5.91 Å². The highest BCUT2D eigenvalue weighted by Crippen LogP contribution is 2.26. The van der Waals surface area contributed by atoms with Crippen molar-refractivity contribution in [3.8, 4) is 0 Å². The van der Waals surface area contributed by atoms with E-state index in [1.54, 1.807) is 0 Å². The van der Waals surface area contributed by atoms with Crippen molar-refractivity contribution in [3.63, 3.8) is 0 Å². The molecule has 1 aromatic heterocycles. The van der Waals surface area contributed by atoms with Gasteiger partial charge in [-0.3, -0.25) is 9.89 Å². The highest BCUT2D eigenvalue weighted by molar-refractivity contribution is 9.10. The van der Waals surface area contributed by atoms with Gasteiger partial charge in [0.05, 0.1) is 10.2 Å². The third-order valence-corrected chi connectivity index (χ3v) is 3.80. The lowest BCUT2D eigenvalue weighted by Crippen LogP contribution is -2.22. The molecule has 0 spiro atoms. The van der Waals surface area contributed by atoms with Crippen molar-refractivity contribution in [2.45, 2.75) is 19.4 Å². The van der Waals surface area contributed by atoms with Gasteiger partial charge in [0.2, 0.25) is 0 Å². The SMILES string of the molecule is CCc1[nH]nc(NC(=O)[C@@H](OC)c2ccccc2)c1Br. The summed E-state index contributed by atoms with van der Waals surface area (Å²) in [4.78, 5) is 12.3. The lowest BCUT2D eigenvalue weighted by molar-refractivity contribution is -0.126. The average molecular weight is 338 g/mol. The normalized spacial score (nSPS) is 12.2. The number of anilines is 1. The first-order chi connectivity index (χ1) is 9.67. The molecule has 2 N–H and O–H groups in total. The van der Waals surface area contributed by atoms with Crippen LogP contribution in [0.25, 0.3) is 0 Å². The van der Waals surface area contributed by atoms with Crippen LogP contribution in [-0.4, -0.2) is 23.2 Å². The maximum atomic E-state index is 12.3. The first-order valence-electron chi connectivity index (χ1n) is 6.28. The third-order valence-electron chi connectivity index (χ3n) is 2.95. The van der Waals surface area contributed by atoms with Crippen molar-refractivity contribution in [2.75, 3.05) is 12.4 Å². The van der Waals surface area contributed by atoms with E-state index in [9.17, 15) is 4.79 Å². The van der Waals surface area contributed by atoms with Gasteiger partial charge in [-0.2, -0.15) is 5.10 Å². The van der Waals surface area contributed by atoms with E-state index in [4.69, 9.17) is 4.74 Å². The average Bonchev–Trinajstić information content (AvgIpc) is 2.81. The molecule has 1 amide bonds. The molecule has 2 aromatic rings. The van der Waals surface area contributed by atoms with Gasteiger partial charge in [0, 0.05) is 7.11 Å². The molecule has 1 aromatic carbocycles. The summed E-state index contributed by atoms with van der Waals surface area (Å²) >= 11 is 3.42. The van der Waals surface area contributed by atoms with E-state index in [1.807, 2.05) is 37.3 Å². The number of methoxy groups -OCH3 is 1. The van der Waals surface area contributed by atoms with Gasteiger partial charge >= 0.3 is 0 Å². The molecule has 0 unspecified atom stereocenters. The number of aryl methyl sites for hydroxylation is 1. The molecule has 0 bridgehead atoms. The van der Waals surface area contributed by atoms with Crippen LogP contribution in [0.2, 0.25) is 0 Å². The number of nitrogens with one attached hydrogen (secondary N) is 2. The number of nitrogens with zero attached hydrogens (tertiary/aromatic N) is 1. The van der Waals surface area contributed by atoms with Crippen LogP contribution in [0, 0.1) is 0 Å². The van der Waals surface area contributed by atoms with E-state index < -0.39 is 6.10 Å². The zero-order chi connectivity index (χ0) is 14.5. The Hall–Kier alpha value is -1.66. The van der Waals surface area contributed by atoms with Gasteiger partial charge in [-0.05, 0) is 27.9 Å². The van der Waals surface area contributed by atoms with Gasteiger partial charge in [-0.15, -0.1) is 0 Å². The lowest BCUT2D eigenvalue weighted by Gasteiger charge is -2.14. The number of aromatic amines is 1. The number of benzene rings is 1. The van der Waals surface area contributed by atoms with Crippen LogP contribution in [0.3, 0.4) is 0 Å². The first-order valence-corrected chi connectivity index (χ1v) is 7.08. The molecule has 106 valence electrons. The summed E-state index contributed by atoms with van der Waals surface area (Å²) in [6.07, 6.45) is 0.139. The molecule has 0 aliphatic heterocycles. The van der Waals surface area contributed by atoms with Crippen molar-refractivity contribution in [1.29, 1.82) is 0 Å². The third kappa shape index (κ3) is 3.08. The number of halogens is 1. The highest BCUT2D eigenvalue weighted by Gasteiger charge is 2.22. The molecule has 2 rings (SSSR count). The van der Waals surface area contributed by atoms with E-state index in [0.29, 0.717) is 5.82 Å². The van der Waals surface area contributed by atoms with Crippen LogP contribution in [0.5, 0.6) is 0 Å². The predicted molar refractivity (Wildman–Crippen MR) is 80.5 cm³/mol. The molecular weight excluding hydrogens is 322 g/mol. The topological polar surface area (TPSA) is 67.0 Å². The summed E-state index contributed by atoms with van der Waals surface area (Å²) in [6, 6.07) is 9.34. The molecule has 0 saturated carbocycles. The van der Waals surface area contributed by atoms with E-state index in [0.717, 1.165) is 22.2 Å². The molecule has 0 aliphatic rings. The van der Waals surface area contributed by atoms with Gasteiger partial charge in [-0.1, -0.05) is 37.3 Å². The number of ether oxygens (including phenoxy) is 1. The van der Waals surface area contributed by atoms with E-state index in [1.165, 1.54) is 7.11 Å². The number of amides is 1. The van der Waals surface area contributed by atoms with Gasteiger partial charge in [0.1, 0.15) is 0 Å². The molecule has 0 radical (unpaired) electrons. The molecule has 0 saturated heterocycles. The summed E-state index contributed by atoms with van der Waals surface area (Å²) in [5.74, 6) is 0.221. The Morgan fingerprint density at radius 3 is 2.70 bits per heavy atom. The summed E-state index contributed by atoms with van der Waals surface area (Å²) in [5.41, 5.74) is 1.74. The number of rotatable bonds is 5. The minimum atomic E-state index is -0.662. The van der Waals surface area contributed by atoms with E-state index >= 15 is 0 Å². The number of aromatic nitrogens is 2. The van der Waals surface area contributed by atoms with Crippen molar-refractivity contribution >= 4 is 27.7 Å². The largest absolute Gasteiger partial charge is 0.367 e. The fourth-order valence-electron chi connectivity index (χ4n) is 1.89. The minimum absolute atomic E-state index is 0.256. The Balaban J connectivity index is 2.16. The number of carbonyl (C=O) groups excluding carboxylic acids is 1. The van der Waals surface area contributed by atoms with Crippen LogP contribution < -0.4 is 5.32 Å². The van der Waals surface area contributed by atoms with Gasteiger partial charge < -0.3 is 10.1 Å². The molecule has 1 heterocycles. The Bertz CT molecular complexity index is 583.